The maximum atomic E-state index is 11.9. The lowest BCUT2D eigenvalue weighted by atomic mass is 9.89. The highest BCUT2D eigenvalue weighted by Crippen LogP contribution is 2.22. The average molecular weight is 298 g/mol. The van der Waals surface area contributed by atoms with Gasteiger partial charge in [0.15, 0.2) is 12.2 Å². The number of aliphatic hydroxyl groups excluding tert-OH is 2. The van der Waals surface area contributed by atoms with E-state index >= 15 is 0 Å². The second-order valence-electron chi connectivity index (χ2n) is 6.17. The molecule has 0 aromatic rings. The van der Waals surface area contributed by atoms with Crippen molar-refractivity contribution in [2.24, 2.45) is 5.92 Å². The first-order chi connectivity index (χ1) is 10.1. The molecule has 2 atom stereocenters. The van der Waals surface area contributed by atoms with Gasteiger partial charge in [-0.1, -0.05) is 19.3 Å². The summed E-state index contributed by atoms with van der Waals surface area (Å²) in [5.41, 5.74) is 0. The molecule has 6 nitrogen and oxygen atoms in total. The minimum atomic E-state index is -1.68. The van der Waals surface area contributed by atoms with Crippen molar-refractivity contribution in [1.29, 1.82) is 0 Å². The van der Waals surface area contributed by atoms with E-state index in [9.17, 15) is 19.8 Å². The summed E-state index contributed by atoms with van der Waals surface area (Å²) in [4.78, 5) is 25.3. The fourth-order valence-electron chi connectivity index (χ4n) is 3.14. The van der Waals surface area contributed by atoms with E-state index in [1.54, 1.807) is 0 Å². The number of hydrogen-bond acceptors (Lipinski definition) is 4. The third-order valence-electron chi connectivity index (χ3n) is 4.53. The summed E-state index contributed by atoms with van der Waals surface area (Å²) in [6.07, 6.45) is 4.26. The molecule has 6 heteroatoms. The Kier molecular flexibility index (Phi) is 5.99. The summed E-state index contributed by atoms with van der Waals surface area (Å²) in [7, 11) is 0. The van der Waals surface area contributed by atoms with Crippen LogP contribution in [-0.2, 0) is 9.59 Å². The molecule has 0 spiro atoms. The molecule has 1 heterocycles. The van der Waals surface area contributed by atoms with E-state index < -0.39 is 24.0 Å². The van der Waals surface area contributed by atoms with E-state index in [1.165, 1.54) is 24.2 Å². The molecule has 1 aliphatic heterocycles. The van der Waals surface area contributed by atoms with Crippen molar-refractivity contribution >= 4 is 11.8 Å². The SMILES string of the molecule is O=C(NCC1CCCCC1)[C@H](O)[C@@H](O)C(=O)N1CCCC1. The van der Waals surface area contributed by atoms with E-state index in [0.29, 0.717) is 25.6 Å². The fraction of sp³-hybridized carbons (Fsp3) is 0.867. The van der Waals surface area contributed by atoms with Crippen LogP contribution in [0.15, 0.2) is 0 Å². The normalized spacial score (nSPS) is 22.9. The first-order valence-corrected chi connectivity index (χ1v) is 8.02. The summed E-state index contributed by atoms with van der Waals surface area (Å²) in [5.74, 6) is -0.755. The minimum Gasteiger partial charge on any atom is -0.380 e. The van der Waals surface area contributed by atoms with E-state index in [0.717, 1.165) is 25.7 Å². The Balaban J connectivity index is 1.76. The highest BCUT2D eigenvalue weighted by Gasteiger charge is 2.34. The number of nitrogens with zero attached hydrogens (tertiary/aromatic N) is 1. The molecule has 3 N–H and O–H groups in total. The maximum Gasteiger partial charge on any atom is 0.254 e. The molecule has 0 aromatic heterocycles. The van der Waals surface area contributed by atoms with Crippen molar-refractivity contribution in [1.82, 2.24) is 10.2 Å². The third-order valence-corrected chi connectivity index (χ3v) is 4.53. The summed E-state index contributed by atoms with van der Waals surface area (Å²) >= 11 is 0. The maximum absolute atomic E-state index is 11.9. The number of amides is 2. The molecular weight excluding hydrogens is 272 g/mol. The Morgan fingerprint density at radius 3 is 2.24 bits per heavy atom. The van der Waals surface area contributed by atoms with Crippen LogP contribution in [0.5, 0.6) is 0 Å². The van der Waals surface area contributed by atoms with Gasteiger partial charge in [0.25, 0.3) is 11.8 Å². The van der Waals surface area contributed by atoms with Crippen LogP contribution in [0.25, 0.3) is 0 Å². The van der Waals surface area contributed by atoms with Crippen molar-refractivity contribution in [3.8, 4) is 0 Å². The van der Waals surface area contributed by atoms with Gasteiger partial charge in [-0.05, 0) is 31.6 Å². The Morgan fingerprint density at radius 2 is 1.62 bits per heavy atom. The monoisotopic (exact) mass is 298 g/mol. The Bertz CT molecular complexity index is 363. The smallest absolute Gasteiger partial charge is 0.254 e. The number of rotatable bonds is 5. The van der Waals surface area contributed by atoms with Crippen LogP contribution < -0.4 is 5.32 Å². The first kappa shape index (κ1) is 16.2. The average Bonchev–Trinajstić information content (AvgIpc) is 3.05. The number of hydrogen-bond donors (Lipinski definition) is 3. The largest absolute Gasteiger partial charge is 0.380 e. The molecule has 0 aromatic carbocycles. The van der Waals surface area contributed by atoms with Crippen molar-refractivity contribution in [3.63, 3.8) is 0 Å². The van der Waals surface area contributed by atoms with Crippen LogP contribution in [0.1, 0.15) is 44.9 Å². The van der Waals surface area contributed by atoms with Crippen LogP contribution in [0.2, 0.25) is 0 Å². The zero-order valence-electron chi connectivity index (χ0n) is 12.5. The van der Waals surface area contributed by atoms with Crippen LogP contribution in [0.4, 0.5) is 0 Å². The molecule has 2 fully saturated rings. The van der Waals surface area contributed by atoms with Crippen molar-refractivity contribution in [2.45, 2.75) is 57.2 Å². The van der Waals surface area contributed by atoms with Gasteiger partial charge in [-0.25, -0.2) is 0 Å². The molecule has 1 saturated carbocycles. The topological polar surface area (TPSA) is 89.9 Å². The Labute approximate surface area is 125 Å². The summed E-state index contributed by atoms with van der Waals surface area (Å²) in [6, 6.07) is 0. The zero-order valence-corrected chi connectivity index (χ0v) is 12.5. The Morgan fingerprint density at radius 1 is 1.00 bits per heavy atom. The van der Waals surface area contributed by atoms with Gasteiger partial charge in [0.1, 0.15) is 0 Å². The minimum absolute atomic E-state index is 0.446. The van der Waals surface area contributed by atoms with Crippen LogP contribution in [-0.4, -0.2) is 58.8 Å². The molecule has 2 rings (SSSR count). The predicted octanol–water partition coefficient (Wildman–Crippen LogP) is 0.0271. The van der Waals surface area contributed by atoms with E-state index in [1.807, 2.05) is 0 Å². The van der Waals surface area contributed by atoms with Gasteiger partial charge >= 0.3 is 0 Å². The molecule has 1 aliphatic carbocycles. The van der Waals surface area contributed by atoms with Gasteiger partial charge in [-0.15, -0.1) is 0 Å². The molecule has 0 bridgehead atoms. The molecular formula is C15H26N2O4. The lowest BCUT2D eigenvalue weighted by Gasteiger charge is -2.25. The van der Waals surface area contributed by atoms with Gasteiger partial charge in [0, 0.05) is 19.6 Å². The summed E-state index contributed by atoms with van der Waals surface area (Å²) in [5, 5.41) is 22.3. The molecule has 120 valence electrons. The van der Waals surface area contributed by atoms with Crippen LogP contribution in [0, 0.1) is 5.92 Å². The lowest BCUT2D eigenvalue weighted by Crippen LogP contribution is -2.50. The summed E-state index contributed by atoms with van der Waals surface area (Å²) < 4.78 is 0. The zero-order chi connectivity index (χ0) is 15.2. The van der Waals surface area contributed by atoms with E-state index in [-0.39, 0.29) is 0 Å². The van der Waals surface area contributed by atoms with Crippen molar-refractivity contribution in [3.05, 3.63) is 0 Å². The number of likely N-dealkylation sites (tertiary alicyclic amines) is 1. The van der Waals surface area contributed by atoms with Gasteiger partial charge in [-0.3, -0.25) is 9.59 Å². The van der Waals surface area contributed by atoms with Gasteiger partial charge in [-0.2, -0.15) is 0 Å². The number of nitrogens with one attached hydrogen (secondary N) is 1. The van der Waals surface area contributed by atoms with E-state index in [2.05, 4.69) is 5.32 Å². The van der Waals surface area contributed by atoms with Gasteiger partial charge in [0.2, 0.25) is 0 Å². The lowest BCUT2D eigenvalue weighted by molar-refractivity contribution is -0.152. The quantitative estimate of drug-likeness (QED) is 0.668. The second kappa shape index (κ2) is 7.75. The fourth-order valence-corrected chi connectivity index (χ4v) is 3.14. The Hall–Kier alpha value is -1.14. The molecule has 1 saturated heterocycles. The number of aliphatic hydroxyl groups is 2. The molecule has 21 heavy (non-hydrogen) atoms. The van der Waals surface area contributed by atoms with Crippen LogP contribution in [0.3, 0.4) is 0 Å². The van der Waals surface area contributed by atoms with Gasteiger partial charge < -0.3 is 20.4 Å². The highest BCUT2D eigenvalue weighted by molar-refractivity contribution is 5.90. The first-order valence-electron chi connectivity index (χ1n) is 8.02. The predicted molar refractivity (Wildman–Crippen MR) is 77.4 cm³/mol. The number of carbonyl (C=O) groups excluding carboxylic acids is 2. The molecule has 2 aliphatic rings. The molecule has 0 radical (unpaired) electrons. The second-order valence-corrected chi connectivity index (χ2v) is 6.17. The van der Waals surface area contributed by atoms with Crippen LogP contribution >= 0.6 is 0 Å². The van der Waals surface area contributed by atoms with Crippen molar-refractivity contribution < 1.29 is 19.8 Å². The summed E-state index contributed by atoms with van der Waals surface area (Å²) in [6.45, 7) is 1.69. The van der Waals surface area contributed by atoms with E-state index in [4.69, 9.17) is 0 Å². The van der Waals surface area contributed by atoms with Gasteiger partial charge in [0.05, 0.1) is 0 Å². The standard InChI is InChI=1S/C15H26N2O4/c18-12(13(19)15(21)17-8-4-5-9-17)14(20)16-10-11-6-2-1-3-7-11/h11-13,18-19H,1-10H2,(H,16,20)/t12-,13-/m1/s1. The third kappa shape index (κ3) is 4.41. The molecule has 0 unspecified atom stereocenters. The number of carbonyl (C=O) groups is 2. The highest BCUT2D eigenvalue weighted by atomic mass is 16.3. The molecule has 2 amide bonds. The van der Waals surface area contributed by atoms with Crippen molar-refractivity contribution in [2.75, 3.05) is 19.6 Å².